The molecule has 0 aliphatic carbocycles. The van der Waals surface area contributed by atoms with Crippen molar-refractivity contribution in [2.45, 2.75) is 23.9 Å². The zero-order valence-corrected chi connectivity index (χ0v) is 13.9. The summed E-state index contributed by atoms with van der Waals surface area (Å²) in [4.78, 5) is -0.432. The fourth-order valence-corrected chi connectivity index (χ4v) is 4.45. The molecule has 1 aliphatic heterocycles. The number of alkyl halides is 3. The minimum absolute atomic E-state index is 0.124. The van der Waals surface area contributed by atoms with Crippen molar-refractivity contribution in [2.75, 3.05) is 26.7 Å². The van der Waals surface area contributed by atoms with Crippen molar-refractivity contribution in [2.24, 2.45) is 5.92 Å². The quantitative estimate of drug-likeness (QED) is 0.892. The van der Waals surface area contributed by atoms with Crippen LogP contribution in [0, 0.1) is 17.2 Å². The summed E-state index contributed by atoms with van der Waals surface area (Å²) in [5, 5.41) is 11.8. The first-order valence-electron chi connectivity index (χ1n) is 7.46. The van der Waals surface area contributed by atoms with Gasteiger partial charge in [0.25, 0.3) is 0 Å². The molecule has 132 valence electrons. The lowest BCUT2D eigenvalue weighted by atomic mass is 10.00. The average molecular weight is 361 g/mol. The Labute approximate surface area is 139 Å². The van der Waals surface area contributed by atoms with E-state index in [2.05, 4.69) is 5.32 Å². The van der Waals surface area contributed by atoms with E-state index in [0.29, 0.717) is 19.0 Å². The SMILES string of the molecule is CNCC1CCCN(S(=O)(=O)c2ccc(C#N)c(C(F)(F)F)c2)C1. The van der Waals surface area contributed by atoms with Crippen molar-refractivity contribution >= 4 is 10.0 Å². The fourth-order valence-electron chi connectivity index (χ4n) is 2.87. The lowest BCUT2D eigenvalue weighted by Gasteiger charge is -2.32. The molecule has 1 aromatic rings. The zero-order chi connectivity index (χ0) is 18.0. The number of sulfonamides is 1. The minimum atomic E-state index is -4.78. The van der Waals surface area contributed by atoms with Crippen molar-refractivity contribution in [3.8, 4) is 6.07 Å². The Balaban J connectivity index is 2.38. The second-order valence-corrected chi connectivity index (χ2v) is 7.68. The Morgan fingerprint density at radius 3 is 2.71 bits per heavy atom. The first-order chi connectivity index (χ1) is 11.2. The third-order valence-electron chi connectivity index (χ3n) is 4.03. The average Bonchev–Trinajstić information content (AvgIpc) is 2.54. The summed E-state index contributed by atoms with van der Waals surface area (Å²) in [5.74, 6) is 0.124. The number of hydrogen-bond donors (Lipinski definition) is 1. The van der Waals surface area contributed by atoms with Crippen LogP contribution in [0.4, 0.5) is 13.2 Å². The van der Waals surface area contributed by atoms with E-state index in [1.807, 2.05) is 0 Å². The third kappa shape index (κ3) is 3.88. The van der Waals surface area contributed by atoms with Gasteiger partial charge in [-0.1, -0.05) is 0 Å². The predicted octanol–water partition coefficient (Wildman–Crippen LogP) is 2.20. The maximum atomic E-state index is 13.0. The van der Waals surface area contributed by atoms with Crippen molar-refractivity contribution in [1.29, 1.82) is 5.26 Å². The van der Waals surface area contributed by atoms with Crippen LogP contribution >= 0.6 is 0 Å². The maximum Gasteiger partial charge on any atom is 0.417 e. The molecule has 0 saturated carbocycles. The van der Waals surface area contributed by atoms with Gasteiger partial charge in [0.2, 0.25) is 10.0 Å². The number of hydrogen-bond acceptors (Lipinski definition) is 4. The van der Waals surface area contributed by atoms with Gasteiger partial charge < -0.3 is 5.32 Å². The van der Waals surface area contributed by atoms with Gasteiger partial charge in [-0.05, 0) is 50.6 Å². The number of rotatable bonds is 4. The van der Waals surface area contributed by atoms with Crippen molar-refractivity contribution in [3.63, 3.8) is 0 Å². The predicted molar refractivity (Wildman–Crippen MR) is 81.6 cm³/mol. The monoisotopic (exact) mass is 361 g/mol. The molecule has 1 atom stereocenters. The summed E-state index contributed by atoms with van der Waals surface area (Å²) in [7, 11) is -2.26. The van der Waals surface area contributed by atoms with Crippen molar-refractivity contribution < 1.29 is 21.6 Å². The van der Waals surface area contributed by atoms with Gasteiger partial charge in [0.1, 0.15) is 0 Å². The molecule has 0 bridgehead atoms. The van der Waals surface area contributed by atoms with Crippen LogP contribution in [0.1, 0.15) is 24.0 Å². The Morgan fingerprint density at radius 1 is 1.42 bits per heavy atom. The minimum Gasteiger partial charge on any atom is -0.319 e. The molecule has 1 fully saturated rings. The van der Waals surface area contributed by atoms with E-state index in [9.17, 15) is 21.6 Å². The second kappa shape index (κ2) is 7.09. The molecule has 0 aromatic heterocycles. The molecule has 0 radical (unpaired) electrons. The first kappa shape index (κ1) is 18.7. The Bertz CT molecular complexity index is 739. The fraction of sp³-hybridized carbons (Fsp3) is 0.533. The summed E-state index contributed by atoms with van der Waals surface area (Å²) in [5.41, 5.74) is -1.82. The van der Waals surface area contributed by atoms with Crippen LogP contribution in [-0.2, 0) is 16.2 Å². The highest BCUT2D eigenvalue weighted by Gasteiger charge is 2.36. The van der Waals surface area contributed by atoms with Crippen LogP contribution in [0.15, 0.2) is 23.1 Å². The Hall–Kier alpha value is -1.63. The number of halogens is 3. The molecule has 1 heterocycles. The van der Waals surface area contributed by atoms with E-state index in [-0.39, 0.29) is 19.0 Å². The van der Waals surface area contributed by atoms with Gasteiger partial charge in [0.15, 0.2) is 0 Å². The van der Waals surface area contributed by atoms with Gasteiger partial charge in [0, 0.05) is 13.1 Å². The lowest BCUT2D eigenvalue weighted by molar-refractivity contribution is -0.137. The highest BCUT2D eigenvalue weighted by atomic mass is 32.2. The molecule has 1 aliphatic rings. The molecule has 1 N–H and O–H groups in total. The standard InChI is InChI=1S/C15H18F3N3O2S/c1-20-9-11-3-2-6-21(10-11)24(22,23)13-5-4-12(8-19)14(7-13)15(16,17)18/h4-5,7,11,20H,2-3,6,9-10H2,1H3. The van der Waals surface area contributed by atoms with E-state index in [1.165, 1.54) is 10.4 Å². The second-order valence-electron chi connectivity index (χ2n) is 5.75. The number of benzene rings is 1. The molecule has 1 saturated heterocycles. The highest BCUT2D eigenvalue weighted by Crippen LogP contribution is 2.34. The lowest BCUT2D eigenvalue weighted by Crippen LogP contribution is -2.42. The van der Waals surface area contributed by atoms with E-state index >= 15 is 0 Å². The van der Waals surface area contributed by atoms with E-state index in [4.69, 9.17) is 5.26 Å². The summed E-state index contributed by atoms with van der Waals surface area (Å²) < 4.78 is 65.7. The van der Waals surface area contributed by atoms with Gasteiger partial charge in [-0.2, -0.15) is 22.7 Å². The largest absolute Gasteiger partial charge is 0.417 e. The number of piperidine rings is 1. The van der Waals surface area contributed by atoms with Gasteiger partial charge in [0.05, 0.1) is 22.1 Å². The van der Waals surface area contributed by atoms with Gasteiger partial charge in [-0.15, -0.1) is 0 Å². The molecule has 1 aromatic carbocycles. The van der Waals surface area contributed by atoms with Gasteiger partial charge in [-0.3, -0.25) is 0 Å². The first-order valence-corrected chi connectivity index (χ1v) is 8.90. The summed E-state index contributed by atoms with van der Waals surface area (Å²) in [6.07, 6.45) is -3.25. The van der Waals surface area contributed by atoms with Gasteiger partial charge >= 0.3 is 6.18 Å². The van der Waals surface area contributed by atoms with Crippen LogP contribution in [0.2, 0.25) is 0 Å². The van der Waals surface area contributed by atoms with Crippen LogP contribution in [0.25, 0.3) is 0 Å². The summed E-state index contributed by atoms with van der Waals surface area (Å²) in [6.45, 7) is 1.20. The number of nitrogens with one attached hydrogen (secondary N) is 1. The van der Waals surface area contributed by atoms with Gasteiger partial charge in [-0.25, -0.2) is 8.42 Å². The Morgan fingerprint density at radius 2 is 2.12 bits per heavy atom. The molecule has 24 heavy (non-hydrogen) atoms. The maximum absolute atomic E-state index is 13.0. The Kier molecular flexibility index (Phi) is 5.52. The number of nitrogens with zero attached hydrogens (tertiary/aromatic N) is 2. The van der Waals surface area contributed by atoms with Crippen molar-refractivity contribution in [1.82, 2.24) is 9.62 Å². The number of nitriles is 1. The van der Waals surface area contributed by atoms with Crippen molar-refractivity contribution in [3.05, 3.63) is 29.3 Å². The summed E-state index contributed by atoms with van der Waals surface area (Å²) >= 11 is 0. The van der Waals surface area contributed by atoms with E-state index in [1.54, 1.807) is 7.05 Å². The molecule has 0 amide bonds. The molecule has 5 nitrogen and oxygen atoms in total. The molecule has 0 spiro atoms. The summed E-state index contributed by atoms with van der Waals surface area (Å²) in [6, 6.07) is 3.97. The third-order valence-corrected chi connectivity index (χ3v) is 5.89. The molecule has 1 unspecified atom stereocenters. The molecular weight excluding hydrogens is 343 g/mol. The topological polar surface area (TPSA) is 73.2 Å². The zero-order valence-electron chi connectivity index (χ0n) is 13.1. The molecular formula is C15H18F3N3O2S. The van der Waals surface area contributed by atoms with E-state index in [0.717, 1.165) is 18.6 Å². The smallest absolute Gasteiger partial charge is 0.319 e. The van der Waals surface area contributed by atoms with Crippen LogP contribution in [-0.4, -0.2) is 39.4 Å². The molecule has 9 heteroatoms. The normalized spacial score (nSPS) is 19.9. The van der Waals surface area contributed by atoms with Crippen LogP contribution in [0.3, 0.4) is 0 Å². The highest BCUT2D eigenvalue weighted by molar-refractivity contribution is 7.89. The van der Waals surface area contributed by atoms with Crippen LogP contribution < -0.4 is 5.32 Å². The molecule has 2 rings (SSSR count). The van der Waals surface area contributed by atoms with Crippen LogP contribution in [0.5, 0.6) is 0 Å². The van der Waals surface area contributed by atoms with E-state index < -0.39 is 32.2 Å².